The summed E-state index contributed by atoms with van der Waals surface area (Å²) in [6.45, 7) is 3.82. The molecule has 1 aromatic heterocycles. The molecule has 1 aliphatic rings. The van der Waals surface area contributed by atoms with Gasteiger partial charge in [-0.15, -0.1) is 11.3 Å². The molecule has 4 nitrogen and oxygen atoms in total. The molecule has 1 aromatic rings. The normalized spacial score (nSPS) is 14.8. The summed E-state index contributed by atoms with van der Waals surface area (Å²) in [5.74, 6) is -1.12. The summed E-state index contributed by atoms with van der Waals surface area (Å²) in [6, 6.07) is 0. The van der Waals surface area contributed by atoms with E-state index in [1.54, 1.807) is 0 Å². The van der Waals surface area contributed by atoms with Crippen molar-refractivity contribution in [2.24, 2.45) is 5.92 Å². The zero-order valence-electron chi connectivity index (χ0n) is 11.0. The van der Waals surface area contributed by atoms with Crippen LogP contribution in [0.15, 0.2) is 12.2 Å². The lowest BCUT2D eigenvalue weighted by Gasteiger charge is -2.10. The third-order valence-electron chi connectivity index (χ3n) is 3.39. The van der Waals surface area contributed by atoms with Crippen LogP contribution in [0.3, 0.4) is 0 Å². The third-order valence-corrected chi connectivity index (χ3v) is 4.45. The van der Waals surface area contributed by atoms with Gasteiger partial charge in [0.05, 0.1) is 5.56 Å². The summed E-state index contributed by atoms with van der Waals surface area (Å²) < 4.78 is 0. The third kappa shape index (κ3) is 2.71. The molecule has 1 amide bonds. The number of hydrogen-bond acceptors (Lipinski definition) is 3. The summed E-state index contributed by atoms with van der Waals surface area (Å²) in [6.07, 6.45) is 6.10. The van der Waals surface area contributed by atoms with Crippen molar-refractivity contribution in [2.75, 3.05) is 5.32 Å². The van der Waals surface area contributed by atoms with Gasteiger partial charge in [0, 0.05) is 10.8 Å². The van der Waals surface area contributed by atoms with E-state index in [4.69, 9.17) is 0 Å². The van der Waals surface area contributed by atoms with Crippen molar-refractivity contribution < 1.29 is 14.7 Å². The second-order valence-electron chi connectivity index (χ2n) is 4.63. The SMILES string of the molecule is CCc1c(C)sc(NC(=O)C2CC=CC2)c1C(=O)O. The lowest BCUT2D eigenvalue weighted by molar-refractivity contribution is -0.119. The largest absolute Gasteiger partial charge is 0.478 e. The van der Waals surface area contributed by atoms with Crippen LogP contribution in [0.5, 0.6) is 0 Å². The van der Waals surface area contributed by atoms with Gasteiger partial charge in [-0.05, 0) is 31.7 Å². The van der Waals surface area contributed by atoms with E-state index in [1.165, 1.54) is 11.3 Å². The number of anilines is 1. The molecule has 1 heterocycles. The Morgan fingerprint density at radius 2 is 2.05 bits per heavy atom. The maximum absolute atomic E-state index is 12.1. The quantitative estimate of drug-likeness (QED) is 0.832. The molecule has 19 heavy (non-hydrogen) atoms. The van der Waals surface area contributed by atoms with Gasteiger partial charge in [-0.3, -0.25) is 4.79 Å². The topological polar surface area (TPSA) is 66.4 Å². The molecule has 0 saturated carbocycles. The van der Waals surface area contributed by atoms with E-state index in [1.807, 2.05) is 26.0 Å². The lowest BCUT2D eigenvalue weighted by atomic mass is 10.1. The van der Waals surface area contributed by atoms with Gasteiger partial charge >= 0.3 is 5.97 Å². The highest BCUT2D eigenvalue weighted by atomic mass is 32.1. The van der Waals surface area contributed by atoms with Gasteiger partial charge in [-0.25, -0.2) is 4.79 Å². The first kappa shape index (κ1) is 13.8. The first-order chi connectivity index (χ1) is 9.04. The van der Waals surface area contributed by atoms with Gasteiger partial charge in [-0.2, -0.15) is 0 Å². The molecule has 0 radical (unpaired) electrons. The fourth-order valence-electron chi connectivity index (χ4n) is 2.36. The number of allylic oxidation sites excluding steroid dienone is 2. The fraction of sp³-hybridized carbons (Fsp3) is 0.429. The number of carboxylic acid groups (broad SMARTS) is 1. The summed E-state index contributed by atoms with van der Waals surface area (Å²) in [5.41, 5.74) is 1.07. The number of carboxylic acids is 1. The predicted molar refractivity (Wildman–Crippen MR) is 75.9 cm³/mol. The molecule has 2 rings (SSSR count). The molecule has 0 aliphatic heterocycles. The van der Waals surface area contributed by atoms with Crippen LogP contribution in [0, 0.1) is 12.8 Å². The predicted octanol–water partition coefficient (Wildman–Crippen LogP) is 3.22. The molecule has 0 atom stereocenters. The van der Waals surface area contributed by atoms with E-state index in [9.17, 15) is 14.7 Å². The van der Waals surface area contributed by atoms with Crippen LogP contribution in [-0.4, -0.2) is 17.0 Å². The number of nitrogens with one attached hydrogen (secondary N) is 1. The number of carbonyl (C=O) groups excluding carboxylic acids is 1. The van der Waals surface area contributed by atoms with Crippen LogP contribution in [0.25, 0.3) is 0 Å². The number of aromatic carboxylic acids is 1. The molecule has 2 N–H and O–H groups in total. The Hall–Kier alpha value is -1.62. The van der Waals surface area contributed by atoms with Crippen LogP contribution >= 0.6 is 11.3 Å². The van der Waals surface area contributed by atoms with Crippen molar-refractivity contribution in [1.82, 2.24) is 0 Å². The Balaban J connectivity index is 2.24. The second kappa shape index (κ2) is 5.57. The zero-order valence-corrected chi connectivity index (χ0v) is 11.8. The van der Waals surface area contributed by atoms with Crippen LogP contribution in [-0.2, 0) is 11.2 Å². The molecule has 0 spiro atoms. The maximum Gasteiger partial charge on any atom is 0.339 e. The molecule has 0 unspecified atom stereocenters. The number of carbonyl (C=O) groups is 2. The smallest absolute Gasteiger partial charge is 0.339 e. The number of aryl methyl sites for hydroxylation is 1. The average molecular weight is 279 g/mol. The molecule has 102 valence electrons. The minimum Gasteiger partial charge on any atom is -0.478 e. The molecule has 0 aromatic carbocycles. The fourth-order valence-corrected chi connectivity index (χ4v) is 3.50. The van der Waals surface area contributed by atoms with Gasteiger partial charge in [0.1, 0.15) is 5.00 Å². The number of hydrogen-bond donors (Lipinski definition) is 2. The molecule has 0 bridgehead atoms. The molecule has 0 saturated heterocycles. The molecular formula is C14H17NO3S. The Morgan fingerprint density at radius 3 is 2.58 bits per heavy atom. The maximum atomic E-state index is 12.1. The Kier molecular flexibility index (Phi) is 4.04. The minimum atomic E-state index is -0.971. The van der Waals surface area contributed by atoms with Gasteiger partial charge in [0.15, 0.2) is 0 Å². The number of thiophene rings is 1. The molecule has 0 fully saturated rings. The van der Waals surface area contributed by atoms with E-state index in [-0.39, 0.29) is 17.4 Å². The molecule has 1 aliphatic carbocycles. The zero-order chi connectivity index (χ0) is 14.0. The Morgan fingerprint density at radius 1 is 1.42 bits per heavy atom. The standard InChI is InChI=1S/C14H17NO3S/c1-3-10-8(2)19-13(11(10)14(17)18)15-12(16)9-6-4-5-7-9/h4-5,9H,3,6-7H2,1-2H3,(H,15,16)(H,17,18). The first-order valence-corrected chi connectivity index (χ1v) is 7.17. The monoisotopic (exact) mass is 279 g/mol. The van der Waals surface area contributed by atoms with Crippen LogP contribution < -0.4 is 5.32 Å². The van der Waals surface area contributed by atoms with Crippen LogP contribution in [0.2, 0.25) is 0 Å². The second-order valence-corrected chi connectivity index (χ2v) is 5.85. The van der Waals surface area contributed by atoms with Crippen molar-refractivity contribution in [3.05, 3.63) is 28.2 Å². The van der Waals surface area contributed by atoms with Gasteiger partial charge in [-0.1, -0.05) is 19.1 Å². The van der Waals surface area contributed by atoms with E-state index >= 15 is 0 Å². The highest BCUT2D eigenvalue weighted by molar-refractivity contribution is 7.16. The van der Waals surface area contributed by atoms with E-state index in [2.05, 4.69) is 5.32 Å². The number of rotatable bonds is 4. The summed E-state index contributed by atoms with van der Waals surface area (Å²) >= 11 is 1.35. The first-order valence-electron chi connectivity index (χ1n) is 6.36. The summed E-state index contributed by atoms with van der Waals surface area (Å²) in [4.78, 5) is 24.4. The van der Waals surface area contributed by atoms with E-state index in [0.717, 1.165) is 23.3 Å². The summed E-state index contributed by atoms with van der Waals surface area (Å²) in [7, 11) is 0. The van der Waals surface area contributed by atoms with Crippen LogP contribution in [0.4, 0.5) is 5.00 Å². The summed E-state index contributed by atoms with van der Waals surface area (Å²) in [5, 5.41) is 12.6. The van der Waals surface area contributed by atoms with E-state index in [0.29, 0.717) is 11.4 Å². The minimum absolute atomic E-state index is 0.0610. The van der Waals surface area contributed by atoms with Crippen molar-refractivity contribution in [3.63, 3.8) is 0 Å². The van der Waals surface area contributed by atoms with Crippen molar-refractivity contribution in [1.29, 1.82) is 0 Å². The van der Waals surface area contributed by atoms with Gasteiger partial charge in [0.2, 0.25) is 5.91 Å². The van der Waals surface area contributed by atoms with Crippen molar-refractivity contribution in [2.45, 2.75) is 33.1 Å². The van der Waals surface area contributed by atoms with Crippen molar-refractivity contribution >= 4 is 28.2 Å². The van der Waals surface area contributed by atoms with Crippen molar-refractivity contribution in [3.8, 4) is 0 Å². The van der Waals surface area contributed by atoms with Gasteiger partial charge < -0.3 is 10.4 Å². The van der Waals surface area contributed by atoms with Gasteiger partial charge in [0.25, 0.3) is 0 Å². The molecular weight excluding hydrogens is 262 g/mol. The number of amides is 1. The lowest BCUT2D eigenvalue weighted by Crippen LogP contribution is -2.21. The Bertz CT molecular complexity index is 537. The highest BCUT2D eigenvalue weighted by Gasteiger charge is 2.25. The van der Waals surface area contributed by atoms with Crippen LogP contribution in [0.1, 0.15) is 40.6 Å². The molecule has 5 heteroatoms. The highest BCUT2D eigenvalue weighted by Crippen LogP contribution is 2.34. The Labute approximate surface area is 116 Å². The van der Waals surface area contributed by atoms with E-state index < -0.39 is 5.97 Å². The average Bonchev–Trinajstić information content (AvgIpc) is 2.96.